The minimum absolute atomic E-state index is 0.102. The monoisotopic (exact) mass is 435 g/mol. The summed E-state index contributed by atoms with van der Waals surface area (Å²) in [5.41, 5.74) is 7.69. The molecule has 0 saturated carbocycles. The SMILES string of the molecule is CCOC(=O)c1sc2nc(COC(=O)Cc3cccc4ccccc34)nc(N)c2c1C. The molecule has 0 spiro atoms. The molecule has 0 saturated heterocycles. The molecule has 8 heteroatoms. The van der Waals surface area contributed by atoms with Crippen molar-refractivity contribution in [2.75, 3.05) is 12.3 Å². The average molecular weight is 436 g/mol. The molecule has 31 heavy (non-hydrogen) atoms. The summed E-state index contributed by atoms with van der Waals surface area (Å²) in [6.45, 7) is 3.72. The maximum atomic E-state index is 12.4. The highest BCUT2D eigenvalue weighted by Gasteiger charge is 2.21. The molecule has 2 N–H and O–H groups in total. The summed E-state index contributed by atoms with van der Waals surface area (Å²) in [5.74, 6) is -0.263. The van der Waals surface area contributed by atoms with E-state index in [9.17, 15) is 9.59 Å². The number of thiophene rings is 1. The van der Waals surface area contributed by atoms with Gasteiger partial charge in [-0.15, -0.1) is 11.3 Å². The summed E-state index contributed by atoms with van der Waals surface area (Å²) in [5, 5.41) is 2.71. The number of nitrogens with zero attached hydrogens (tertiary/aromatic N) is 2. The number of hydrogen-bond acceptors (Lipinski definition) is 8. The third-order valence-electron chi connectivity index (χ3n) is 4.90. The smallest absolute Gasteiger partial charge is 0.348 e. The number of anilines is 1. The minimum atomic E-state index is -0.412. The number of rotatable bonds is 6. The standard InChI is InChI=1S/C23H21N3O4S/c1-3-29-23(28)20-13(2)19-21(24)25-17(26-22(19)31-20)12-30-18(27)11-15-9-6-8-14-7-4-5-10-16(14)15/h4-10H,3,11-12H2,1-2H3,(H2,24,25,26). The van der Waals surface area contributed by atoms with E-state index in [1.54, 1.807) is 13.8 Å². The van der Waals surface area contributed by atoms with Gasteiger partial charge in [-0.3, -0.25) is 4.79 Å². The number of carbonyl (C=O) groups is 2. The van der Waals surface area contributed by atoms with Gasteiger partial charge in [-0.05, 0) is 35.7 Å². The molecule has 0 fully saturated rings. The largest absolute Gasteiger partial charge is 0.462 e. The van der Waals surface area contributed by atoms with Gasteiger partial charge in [-0.25, -0.2) is 14.8 Å². The van der Waals surface area contributed by atoms with Gasteiger partial charge in [0.25, 0.3) is 0 Å². The second-order valence-electron chi connectivity index (χ2n) is 6.96. The number of nitrogen functional groups attached to an aromatic ring is 1. The van der Waals surface area contributed by atoms with E-state index >= 15 is 0 Å². The highest BCUT2D eigenvalue weighted by atomic mass is 32.1. The number of ether oxygens (including phenoxy) is 2. The van der Waals surface area contributed by atoms with Gasteiger partial charge in [0.2, 0.25) is 0 Å². The predicted molar refractivity (Wildman–Crippen MR) is 120 cm³/mol. The molecule has 0 atom stereocenters. The predicted octanol–water partition coefficient (Wildman–Crippen LogP) is 4.20. The molecule has 158 valence electrons. The van der Waals surface area contributed by atoms with Crippen LogP contribution in [0.5, 0.6) is 0 Å². The lowest BCUT2D eigenvalue weighted by Crippen LogP contribution is -2.10. The van der Waals surface area contributed by atoms with Crippen LogP contribution in [0.3, 0.4) is 0 Å². The van der Waals surface area contributed by atoms with Crippen molar-refractivity contribution in [2.24, 2.45) is 0 Å². The Hall–Kier alpha value is -3.52. The van der Waals surface area contributed by atoms with Gasteiger partial charge in [0.1, 0.15) is 15.5 Å². The van der Waals surface area contributed by atoms with Crippen molar-refractivity contribution < 1.29 is 19.1 Å². The number of nitrogens with two attached hydrogens (primary N) is 1. The van der Waals surface area contributed by atoms with Crippen molar-refractivity contribution in [1.29, 1.82) is 0 Å². The zero-order valence-corrected chi connectivity index (χ0v) is 18.0. The summed E-state index contributed by atoms with van der Waals surface area (Å²) in [7, 11) is 0. The summed E-state index contributed by atoms with van der Waals surface area (Å²) in [6.07, 6.45) is 0.143. The first kappa shape index (κ1) is 20.7. The Morgan fingerprint density at radius 3 is 2.65 bits per heavy atom. The maximum Gasteiger partial charge on any atom is 0.348 e. The number of fused-ring (bicyclic) bond motifs is 2. The number of aromatic nitrogens is 2. The molecule has 4 aromatic rings. The van der Waals surface area contributed by atoms with Crippen LogP contribution in [0, 0.1) is 6.92 Å². The third kappa shape index (κ3) is 4.20. The van der Waals surface area contributed by atoms with E-state index < -0.39 is 5.97 Å². The number of aryl methyl sites for hydroxylation is 1. The minimum Gasteiger partial charge on any atom is -0.462 e. The van der Waals surface area contributed by atoms with Crippen LogP contribution in [0.1, 0.15) is 33.5 Å². The summed E-state index contributed by atoms with van der Waals surface area (Å²) in [6, 6.07) is 13.7. The van der Waals surface area contributed by atoms with Crippen molar-refractivity contribution >= 4 is 50.1 Å². The molecule has 0 amide bonds. The Kier molecular flexibility index (Phi) is 5.81. The van der Waals surface area contributed by atoms with E-state index in [1.807, 2.05) is 42.5 Å². The number of hydrogen-bond donors (Lipinski definition) is 1. The first-order valence-electron chi connectivity index (χ1n) is 9.82. The quantitative estimate of drug-likeness (QED) is 0.453. The normalized spacial score (nSPS) is 11.0. The second kappa shape index (κ2) is 8.69. The van der Waals surface area contributed by atoms with Gasteiger partial charge < -0.3 is 15.2 Å². The molecular weight excluding hydrogens is 414 g/mol. The van der Waals surface area contributed by atoms with Crippen LogP contribution in [-0.2, 0) is 27.3 Å². The van der Waals surface area contributed by atoms with Crippen LogP contribution >= 0.6 is 11.3 Å². The molecule has 2 heterocycles. The molecule has 4 rings (SSSR count). The zero-order chi connectivity index (χ0) is 22.0. The summed E-state index contributed by atoms with van der Waals surface area (Å²) in [4.78, 5) is 34.3. The van der Waals surface area contributed by atoms with Crippen molar-refractivity contribution in [3.8, 4) is 0 Å². The number of benzene rings is 2. The van der Waals surface area contributed by atoms with Gasteiger partial charge in [-0.1, -0.05) is 42.5 Å². The third-order valence-corrected chi connectivity index (χ3v) is 6.07. The van der Waals surface area contributed by atoms with Crippen molar-refractivity contribution in [2.45, 2.75) is 26.9 Å². The fourth-order valence-electron chi connectivity index (χ4n) is 3.47. The lowest BCUT2D eigenvalue weighted by atomic mass is 10.0. The molecule has 0 aliphatic carbocycles. The Labute approximate surface area is 182 Å². The first-order valence-corrected chi connectivity index (χ1v) is 10.6. The molecular formula is C23H21N3O4S. The van der Waals surface area contributed by atoms with Crippen molar-refractivity contribution in [3.63, 3.8) is 0 Å². The van der Waals surface area contributed by atoms with Gasteiger partial charge in [0.15, 0.2) is 12.4 Å². The van der Waals surface area contributed by atoms with Crippen LogP contribution in [0.25, 0.3) is 21.0 Å². The fraction of sp³-hybridized carbons (Fsp3) is 0.217. The Balaban J connectivity index is 1.51. The van der Waals surface area contributed by atoms with Crippen LogP contribution in [0.2, 0.25) is 0 Å². The highest BCUT2D eigenvalue weighted by Crippen LogP contribution is 2.33. The zero-order valence-electron chi connectivity index (χ0n) is 17.2. The first-order chi connectivity index (χ1) is 15.0. The van der Waals surface area contributed by atoms with Gasteiger partial charge in [0.05, 0.1) is 18.4 Å². The lowest BCUT2D eigenvalue weighted by Gasteiger charge is -2.08. The average Bonchev–Trinajstić information content (AvgIpc) is 3.10. The topological polar surface area (TPSA) is 104 Å². The molecule has 7 nitrogen and oxygen atoms in total. The van der Waals surface area contributed by atoms with Crippen LogP contribution in [0.4, 0.5) is 5.82 Å². The molecule has 2 aromatic carbocycles. The van der Waals surface area contributed by atoms with Gasteiger partial charge in [-0.2, -0.15) is 0 Å². The second-order valence-corrected chi connectivity index (χ2v) is 7.96. The number of carbonyl (C=O) groups excluding carboxylic acids is 2. The Morgan fingerprint density at radius 2 is 1.84 bits per heavy atom. The van der Waals surface area contributed by atoms with E-state index in [0.717, 1.165) is 16.3 Å². The van der Waals surface area contributed by atoms with Gasteiger partial charge >= 0.3 is 11.9 Å². The van der Waals surface area contributed by atoms with Crippen molar-refractivity contribution in [3.05, 3.63) is 64.3 Å². The van der Waals surface area contributed by atoms with E-state index in [2.05, 4.69) is 9.97 Å². The van der Waals surface area contributed by atoms with E-state index in [0.29, 0.717) is 20.7 Å². The van der Waals surface area contributed by atoms with Crippen molar-refractivity contribution in [1.82, 2.24) is 9.97 Å². The fourth-order valence-corrected chi connectivity index (χ4v) is 4.57. The van der Waals surface area contributed by atoms with Crippen LogP contribution in [0.15, 0.2) is 42.5 Å². The van der Waals surface area contributed by atoms with Crippen LogP contribution in [-0.4, -0.2) is 28.5 Å². The molecule has 2 aromatic heterocycles. The lowest BCUT2D eigenvalue weighted by molar-refractivity contribution is -0.144. The van der Waals surface area contributed by atoms with Gasteiger partial charge in [0, 0.05) is 0 Å². The number of esters is 2. The molecule has 0 unspecified atom stereocenters. The summed E-state index contributed by atoms with van der Waals surface area (Å²) >= 11 is 1.19. The van der Waals surface area contributed by atoms with E-state index in [-0.39, 0.29) is 37.2 Å². The molecule has 0 radical (unpaired) electrons. The van der Waals surface area contributed by atoms with Crippen LogP contribution < -0.4 is 5.73 Å². The molecule has 0 aliphatic rings. The molecule has 0 bridgehead atoms. The maximum absolute atomic E-state index is 12.4. The molecule has 0 aliphatic heterocycles. The van der Waals surface area contributed by atoms with E-state index in [4.69, 9.17) is 15.2 Å². The Morgan fingerprint density at radius 1 is 1.06 bits per heavy atom. The Bertz CT molecular complexity index is 1290. The van der Waals surface area contributed by atoms with E-state index in [1.165, 1.54) is 11.3 Å². The summed E-state index contributed by atoms with van der Waals surface area (Å²) < 4.78 is 10.5. The highest BCUT2D eigenvalue weighted by molar-refractivity contribution is 7.20.